The molecular weight excluding hydrogens is 306 g/mol. The number of rotatable bonds is 0. The third kappa shape index (κ3) is 1.56. The molecule has 24 heavy (non-hydrogen) atoms. The molecule has 0 radical (unpaired) electrons. The van der Waals surface area contributed by atoms with E-state index in [0.717, 1.165) is 15.5 Å². The van der Waals surface area contributed by atoms with Gasteiger partial charge >= 0.3 is 0 Å². The van der Waals surface area contributed by atoms with E-state index < -0.39 is 12.3 Å². The molecule has 0 amide bonds. The van der Waals surface area contributed by atoms with Crippen molar-refractivity contribution < 1.29 is 10.2 Å². The van der Waals surface area contributed by atoms with E-state index >= 15 is 0 Å². The van der Waals surface area contributed by atoms with Crippen molar-refractivity contribution in [2.45, 2.75) is 12.3 Å². The van der Waals surface area contributed by atoms with Crippen LogP contribution in [0.25, 0.3) is 33.3 Å². The molecule has 5 rings (SSSR count). The van der Waals surface area contributed by atoms with Gasteiger partial charge in [-0.25, -0.2) is 4.98 Å². The Morgan fingerprint density at radius 1 is 1.00 bits per heavy atom. The van der Waals surface area contributed by atoms with Crippen molar-refractivity contribution >= 4 is 21.8 Å². The van der Waals surface area contributed by atoms with Gasteiger partial charge in [-0.05, 0) is 18.2 Å². The summed E-state index contributed by atoms with van der Waals surface area (Å²) in [4.78, 5) is 20.6. The van der Waals surface area contributed by atoms with Gasteiger partial charge in [-0.15, -0.1) is 0 Å². The molecule has 4 aromatic rings. The highest BCUT2D eigenvalue weighted by Crippen LogP contribution is 2.42. The topological polar surface area (TPSA) is 91.1 Å². The third-order valence-electron chi connectivity index (χ3n) is 4.62. The molecule has 2 aromatic heterocycles. The van der Waals surface area contributed by atoms with Crippen LogP contribution in [-0.4, -0.2) is 24.7 Å². The van der Waals surface area contributed by atoms with E-state index in [9.17, 15) is 15.0 Å². The minimum absolute atomic E-state index is 0.336. The van der Waals surface area contributed by atoms with Gasteiger partial charge in [0.2, 0.25) is 0 Å². The van der Waals surface area contributed by atoms with Gasteiger partial charge in [-0.1, -0.05) is 30.3 Å². The molecule has 3 heterocycles. The SMILES string of the molecule is O=c1c2ccccc2nc2n1[C@H](O)[C@@H](O)c1c-2[nH]c2ccccc12. The van der Waals surface area contributed by atoms with Crippen molar-refractivity contribution in [2.24, 2.45) is 0 Å². The van der Waals surface area contributed by atoms with Gasteiger partial charge in [0.05, 0.1) is 16.6 Å². The number of nitrogens with zero attached hydrogens (tertiary/aromatic N) is 2. The van der Waals surface area contributed by atoms with E-state index in [2.05, 4.69) is 9.97 Å². The molecule has 0 aliphatic carbocycles. The number of aromatic nitrogens is 3. The molecule has 1 aliphatic heterocycles. The van der Waals surface area contributed by atoms with Crippen LogP contribution in [0.4, 0.5) is 0 Å². The summed E-state index contributed by atoms with van der Waals surface area (Å²) in [6, 6.07) is 14.5. The molecule has 0 bridgehead atoms. The Bertz CT molecular complexity index is 1180. The maximum Gasteiger partial charge on any atom is 0.263 e. The smallest absolute Gasteiger partial charge is 0.263 e. The highest BCUT2D eigenvalue weighted by molar-refractivity contribution is 5.91. The Morgan fingerprint density at radius 2 is 1.71 bits per heavy atom. The molecule has 6 heteroatoms. The molecule has 0 saturated carbocycles. The number of aliphatic hydroxyl groups excluding tert-OH is 2. The summed E-state index contributed by atoms with van der Waals surface area (Å²) in [7, 11) is 0. The number of hydrogen-bond acceptors (Lipinski definition) is 4. The average molecular weight is 319 g/mol. The fraction of sp³-hybridized carbons (Fsp3) is 0.111. The lowest BCUT2D eigenvalue weighted by atomic mass is 9.99. The van der Waals surface area contributed by atoms with Crippen LogP contribution in [0.5, 0.6) is 0 Å². The molecular formula is C18H13N3O3. The lowest BCUT2D eigenvalue weighted by Crippen LogP contribution is -2.34. The van der Waals surface area contributed by atoms with Gasteiger partial charge in [0.1, 0.15) is 6.10 Å². The molecule has 3 N–H and O–H groups in total. The monoisotopic (exact) mass is 319 g/mol. The maximum atomic E-state index is 12.8. The van der Waals surface area contributed by atoms with Gasteiger partial charge < -0.3 is 15.2 Å². The van der Waals surface area contributed by atoms with Crippen LogP contribution >= 0.6 is 0 Å². The molecule has 1 aliphatic rings. The summed E-state index contributed by atoms with van der Waals surface area (Å²) in [5, 5.41) is 22.4. The summed E-state index contributed by atoms with van der Waals surface area (Å²) in [5.41, 5.74) is 2.15. The molecule has 118 valence electrons. The van der Waals surface area contributed by atoms with Crippen LogP contribution in [0, 0.1) is 0 Å². The van der Waals surface area contributed by atoms with Crippen LogP contribution in [0.1, 0.15) is 17.9 Å². The van der Waals surface area contributed by atoms with E-state index in [4.69, 9.17) is 0 Å². The van der Waals surface area contributed by atoms with Crippen LogP contribution in [-0.2, 0) is 0 Å². The number of aromatic amines is 1. The Labute approximate surface area is 135 Å². The van der Waals surface area contributed by atoms with Crippen LogP contribution < -0.4 is 5.56 Å². The Hall–Kier alpha value is -2.96. The first-order valence-corrected chi connectivity index (χ1v) is 7.65. The fourth-order valence-corrected chi connectivity index (χ4v) is 3.51. The first kappa shape index (κ1) is 13.5. The molecule has 0 unspecified atom stereocenters. The number of benzene rings is 2. The summed E-state index contributed by atoms with van der Waals surface area (Å²) in [6.45, 7) is 0. The zero-order chi connectivity index (χ0) is 16.4. The largest absolute Gasteiger partial charge is 0.384 e. The van der Waals surface area contributed by atoms with Gasteiger partial charge in [0, 0.05) is 16.5 Å². The minimum Gasteiger partial charge on any atom is -0.384 e. The third-order valence-corrected chi connectivity index (χ3v) is 4.62. The predicted molar refractivity (Wildman–Crippen MR) is 89.5 cm³/mol. The number of hydrogen-bond donors (Lipinski definition) is 3. The second-order valence-corrected chi connectivity index (χ2v) is 5.95. The number of fused-ring (bicyclic) bond motifs is 6. The first-order chi connectivity index (χ1) is 11.7. The minimum atomic E-state index is -1.38. The fourth-order valence-electron chi connectivity index (χ4n) is 3.51. The molecule has 2 aromatic carbocycles. The van der Waals surface area contributed by atoms with Crippen molar-refractivity contribution in [3.05, 3.63) is 64.4 Å². The molecule has 2 atom stereocenters. The Kier molecular flexibility index (Phi) is 2.54. The number of H-pyrrole nitrogens is 1. The van der Waals surface area contributed by atoms with E-state index in [-0.39, 0.29) is 5.56 Å². The van der Waals surface area contributed by atoms with Crippen LogP contribution in [0.2, 0.25) is 0 Å². The number of aliphatic hydroxyl groups is 2. The van der Waals surface area contributed by atoms with E-state index in [1.54, 1.807) is 18.2 Å². The lowest BCUT2D eigenvalue weighted by Gasteiger charge is -2.28. The normalized spacial score (nSPS) is 19.4. The highest BCUT2D eigenvalue weighted by atomic mass is 16.3. The standard InChI is InChI=1S/C18H13N3O3/c22-15-13-9-5-1-3-7-11(9)19-14(13)16-20-12-8-4-2-6-10(12)17(23)21(16)18(15)24/h1-8,15,18-19,22,24H/t15-,18+/m0/s1. The number of nitrogens with one attached hydrogen (secondary N) is 1. The summed E-state index contributed by atoms with van der Waals surface area (Å²) in [5.74, 6) is 0.336. The van der Waals surface area contributed by atoms with E-state index in [1.165, 1.54) is 0 Å². The van der Waals surface area contributed by atoms with Crippen molar-refractivity contribution in [1.29, 1.82) is 0 Å². The molecule has 6 nitrogen and oxygen atoms in total. The van der Waals surface area contributed by atoms with Crippen molar-refractivity contribution in [3.8, 4) is 11.5 Å². The average Bonchev–Trinajstić information content (AvgIpc) is 2.99. The molecule has 0 fully saturated rings. The van der Waals surface area contributed by atoms with Crippen molar-refractivity contribution in [3.63, 3.8) is 0 Å². The van der Waals surface area contributed by atoms with Gasteiger partial charge in [0.25, 0.3) is 5.56 Å². The quantitative estimate of drug-likeness (QED) is 0.463. The van der Waals surface area contributed by atoms with Crippen molar-refractivity contribution in [1.82, 2.24) is 14.5 Å². The van der Waals surface area contributed by atoms with Gasteiger partial charge in [-0.3, -0.25) is 9.36 Å². The van der Waals surface area contributed by atoms with Crippen molar-refractivity contribution in [2.75, 3.05) is 0 Å². The first-order valence-electron chi connectivity index (χ1n) is 7.65. The molecule has 0 saturated heterocycles. The summed E-state index contributed by atoms with van der Waals surface area (Å²) >= 11 is 0. The second kappa shape index (κ2) is 4.53. The van der Waals surface area contributed by atoms with Crippen LogP contribution in [0.3, 0.4) is 0 Å². The van der Waals surface area contributed by atoms with E-state index in [0.29, 0.717) is 28.0 Å². The van der Waals surface area contributed by atoms with E-state index in [1.807, 2.05) is 30.3 Å². The summed E-state index contributed by atoms with van der Waals surface area (Å²) in [6.07, 6.45) is -2.58. The zero-order valence-electron chi connectivity index (χ0n) is 12.5. The summed E-state index contributed by atoms with van der Waals surface area (Å²) < 4.78 is 1.16. The van der Waals surface area contributed by atoms with Crippen LogP contribution in [0.15, 0.2) is 53.3 Å². The lowest BCUT2D eigenvalue weighted by molar-refractivity contribution is -0.0339. The maximum absolute atomic E-state index is 12.8. The highest BCUT2D eigenvalue weighted by Gasteiger charge is 2.36. The Balaban J connectivity index is 1.98. The zero-order valence-corrected chi connectivity index (χ0v) is 12.5. The van der Waals surface area contributed by atoms with Gasteiger partial charge in [0.15, 0.2) is 12.1 Å². The van der Waals surface area contributed by atoms with Gasteiger partial charge in [-0.2, -0.15) is 0 Å². The predicted octanol–water partition coefficient (Wildman–Crippen LogP) is 2.08. The molecule has 0 spiro atoms. The second-order valence-electron chi connectivity index (χ2n) is 5.95. The number of para-hydroxylation sites is 2. The Morgan fingerprint density at radius 3 is 2.54 bits per heavy atom.